The molecule has 2 N–H and O–H groups in total. The van der Waals surface area contributed by atoms with E-state index in [1.165, 1.54) is 38.5 Å². The highest BCUT2D eigenvalue weighted by Crippen LogP contribution is 2.44. The van der Waals surface area contributed by atoms with Gasteiger partial charge in [-0.25, -0.2) is 0 Å². The van der Waals surface area contributed by atoms with Gasteiger partial charge in [0.25, 0.3) is 0 Å². The van der Waals surface area contributed by atoms with Gasteiger partial charge in [-0.05, 0) is 50.4 Å². The molecule has 0 aromatic carbocycles. The molecule has 19 heavy (non-hydrogen) atoms. The molecule has 0 bridgehead atoms. The Bertz CT molecular complexity index is 289. The van der Waals surface area contributed by atoms with Gasteiger partial charge >= 0.3 is 0 Å². The van der Waals surface area contributed by atoms with Crippen LogP contribution in [0.15, 0.2) is 0 Å². The molecule has 0 aromatic heterocycles. The number of nitrogens with one attached hydrogen (secondary N) is 1. The number of aliphatic hydroxyl groups is 1. The lowest BCUT2D eigenvalue weighted by atomic mass is 9.64. The molecule has 1 aliphatic carbocycles. The van der Waals surface area contributed by atoms with Crippen molar-refractivity contribution in [2.24, 2.45) is 17.3 Å². The Labute approximate surface area is 119 Å². The van der Waals surface area contributed by atoms with E-state index in [0.29, 0.717) is 23.4 Å². The van der Waals surface area contributed by atoms with Crippen LogP contribution in [0.4, 0.5) is 0 Å². The maximum atomic E-state index is 10.4. The molecule has 2 heteroatoms. The van der Waals surface area contributed by atoms with Gasteiger partial charge in [0.1, 0.15) is 0 Å². The van der Waals surface area contributed by atoms with Gasteiger partial charge in [-0.3, -0.25) is 0 Å². The Hall–Kier alpha value is -0.0800. The summed E-state index contributed by atoms with van der Waals surface area (Å²) in [6.07, 6.45) is 8.47. The van der Waals surface area contributed by atoms with Gasteiger partial charge in [0.05, 0.1) is 6.10 Å². The van der Waals surface area contributed by atoms with Crippen molar-refractivity contribution in [2.75, 3.05) is 0 Å². The zero-order valence-electron chi connectivity index (χ0n) is 13.3. The Morgan fingerprint density at radius 3 is 2.53 bits per heavy atom. The van der Waals surface area contributed by atoms with Gasteiger partial charge < -0.3 is 10.4 Å². The van der Waals surface area contributed by atoms with Gasteiger partial charge in [0, 0.05) is 18.0 Å². The largest absolute Gasteiger partial charge is 0.393 e. The van der Waals surface area contributed by atoms with Crippen molar-refractivity contribution in [3.8, 4) is 0 Å². The SMILES string of the molecule is CCC(C)(C)C1CCC(O)C(C2CCCC(C)N2)C1. The van der Waals surface area contributed by atoms with Gasteiger partial charge in [-0.2, -0.15) is 0 Å². The van der Waals surface area contributed by atoms with Crippen LogP contribution in [0.25, 0.3) is 0 Å². The van der Waals surface area contributed by atoms with E-state index in [-0.39, 0.29) is 6.10 Å². The molecule has 0 amide bonds. The summed E-state index contributed by atoms with van der Waals surface area (Å²) in [5.74, 6) is 1.26. The Kier molecular flexibility index (Phi) is 4.94. The van der Waals surface area contributed by atoms with Crippen LogP contribution in [0.2, 0.25) is 0 Å². The summed E-state index contributed by atoms with van der Waals surface area (Å²) in [4.78, 5) is 0. The fourth-order valence-electron chi connectivity index (χ4n) is 4.13. The summed E-state index contributed by atoms with van der Waals surface area (Å²) in [5.41, 5.74) is 0.429. The summed E-state index contributed by atoms with van der Waals surface area (Å²) in [7, 11) is 0. The van der Waals surface area contributed by atoms with E-state index in [1.54, 1.807) is 0 Å². The first-order valence-electron chi connectivity index (χ1n) is 8.38. The number of rotatable bonds is 3. The van der Waals surface area contributed by atoms with Crippen molar-refractivity contribution in [2.45, 2.75) is 90.8 Å². The van der Waals surface area contributed by atoms with Crippen molar-refractivity contribution < 1.29 is 5.11 Å². The van der Waals surface area contributed by atoms with E-state index >= 15 is 0 Å². The molecule has 5 atom stereocenters. The predicted molar refractivity (Wildman–Crippen MR) is 81.1 cm³/mol. The summed E-state index contributed by atoms with van der Waals surface area (Å²) in [6, 6.07) is 1.18. The highest BCUT2D eigenvalue weighted by atomic mass is 16.3. The maximum Gasteiger partial charge on any atom is 0.0583 e. The molecule has 1 saturated heterocycles. The molecular weight excluding hydrogens is 234 g/mol. The fraction of sp³-hybridized carbons (Fsp3) is 1.00. The predicted octanol–water partition coefficient (Wildman–Crippen LogP) is 3.73. The third kappa shape index (κ3) is 3.52. The van der Waals surface area contributed by atoms with E-state index in [0.717, 1.165) is 12.3 Å². The van der Waals surface area contributed by atoms with E-state index in [1.807, 2.05) is 0 Å². The van der Waals surface area contributed by atoms with E-state index < -0.39 is 0 Å². The van der Waals surface area contributed by atoms with Crippen LogP contribution >= 0.6 is 0 Å². The molecule has 2 rings (SSSR count). The molecule has 1 saturated carbocycles. The molecule has 2 nitrogen and oxygen atoms in total. The van der Waals surface area contributed by atoms with E-state index in [9.17, 15) is 5.11 Å². The highest BCUT2D eigenvalue weighted by molar-refractivity contribution is 4.94. The minimum absolute atomic E-state index is 0.0771. The lowest BCUT2D eigenvalue weighted by molar-refractivity contribution is -0.00915. The normalized spacial score (nSPS) is 41.2. The van der Waals surface area contributed by atoms with Crippen LogP contribution < -0.4 is 5.32 Å². The number of hydrogen-bond acceptors (Lipinski definition) is 2. The Morgan fingerprint density at radius 2 is 1.89 bits per heavy atom. The molecule has 0 spiro atoms. The summed E-state index contributed by atoms with van der Waals surface area (Å²) in [6.45, 7) is 9.41. The minimum Gasteiger partial charge on any atom is -0.393 e. The summed E-state index contributed by atoms with van der Waals surface area (Å²) < 4.78 is 0. The second kappa shape index (κ2) is 6.13. The van der Waals surface area contributed by atoms with Crippen LogP contribution in [0, 0.1) is 17.3 Å². The lowest BCUT2D eigenvalue weighted by Crippen LogP contribution is -2.51. The zero-order chi connectivity index (χ0) is 14.0. The number of piperidine rings is 1. The van der Waals surface area contributed by atoms with Crippen molar-refractivity contribution >= 4 is 0 Å². The van der Waals surface area contributed by atoms with E-state index in [4.69, 9.17) is 0 Å². The molecule has 1 heterocycles. The average Bonchev–Trinajstić information content (AvgIpc) is 2.39. The maximum absolute atomic E-state index is 10.4. The first-order chi connectivity index (χ1) is 8.94. The standard InChI is InChI=1S/C17H33NO/c1-5-17(3,4)13-9-10-16(19)14(11-13)15-8-6-7-12(2)18-15/h12-16,18-19H,5-11H2,1-4H3. The quantitative estimate of drug-likeness (QED) is 0.816. The van der Waals surface area contributed by atoms with Crippen LogP contribution in [-0.2, 0) is 0 Å². The first kappa shape index (κ1) is 15.3. The molecule has 1 aliphatic heterocycles. The monoisotopic (exact) mass is 267 g/mol. The van der Waals surface area contributed by atoms with Crippen molar-refractivity contribution in [1.82, 2.24) is 5.32 Å². The molecular formula is C17H33NO. The molecule has 0 radical (unpaired) electrons. The average molecular weight is 267 g/mol. The van der Waals surface area contributed by atoms with Gasteiger partial charge in [-0.1, -0.05) is 33.6 Å². The topological polar surface area (TPSA) is 32.3 Å². The van der Waals surface area contributed by atoms with Crippen LogP contribution in [0.3, 0.4) is 0 Å². The van der Waals surface area contributed by atoms with Gasteiger partial charge in [-0.15, -0.1) is 0 Å². The molecule has 112 valence electrons. The molecule has 2 aliphatic rings. The first-order valence-corrected chi connectivity index (χ1v) is 8.38. The minimum atomic E-state index is -0.0771. The fourth-order valence-corrected chi connectivity index (χ4v) is 4.13. The Balaban J connectivity index is 2.02. The van der Waals surface area contributed by atoms with Crippen molar-refractivity contribution in [3.63, 3.8) is 0 Å². The van der Waals surface area contributed by atoms with Crippen molar-refractivity contribution in [3.05, 3.63) is 0 Å². The van der Waals surface area contributed by atoms with Gasteiger partial charge in [0.15, 0.2) is 0 Å². The second-order valence-corrected chi connectivity index (χ2v) is 7.69. The van der Waals surface area contributed by atoms with Crippen LogP contribution in [0.1, 0.15) is 72.6 Å². The van der Waals surface area contributed by atoms with Crippen molar-refractivity contribution in [1.29, 1.82) is 0 Å². The lowest BCUT2D eigenvalue weighted by Gasteiger charge is -2.46. The van der Waals surface area contributed by atoms with E-state index in [2.05, 4.69) is 33.0 Å². The molecule has 2 fully saturated rings. The van der Waals surface area contributed by atoms with Crippen LogP contribution in [-0.4, -0.2) is 23.3 Å². The number of aliphatic hydroxyl groups excluding tert-OH is 1. The van der Waals surface area contributed by atoms with Crippen LogP contribution in [0.5, 0.6) is 0 Å². The molecule has 0 aromatic rings. The third-order valence-electron chi connectivity index (χ3n) is 6.05. The molecule has 5 unspecified atom stereocenters. The Morgan fingerprint density at radius 1 is 1.16 bits per heavy atom. The third-order valence-corrected chi connectivity index (χ3v) is 6.05. The zero-order valence-corrected chi connectivity index (χ0v) is 13.3. The van der Waals surface area contributed by atoms with Gasteiger partial charge in [0.2, 0.25) is 0 Å². The highest BCUT2D eigenvalue weighted by Gasteiger charge is 2.40. The number of hydrogen-bond donors (Lipinski definition) is 2. The summed E-state index contributed by atoms with van der Waals surface area (Å²) in [5, 5.41) is 14.2. The second-order valence-electron chi connectivity index (χ2n) is 7.69. The smallest absolute Gasteiger partial charge is 0.0583 e. The summed E-state index contributed by atoms with van der Waals surface area (Å²) >= 11 is 0.